The molecule has 0 bridgehead atoms. The minimum Gasteiger partial charge on any atom is -0.343 e. The quantitative estimate of drug-likeness (QED) is 0.923. The summed E-state index contributed by atoms with van der Waals surface area (Å²) in [7, 11) is 0. The molecule has 0 spiro atoms. The second-order valence-corrected chi connectivity index (χ2v) is 4.57. The van der Waals surface area contributed by atoms with Gasteiger partial charge in [0.2, 0.25) is 0 Å². The molecule has 0 radical (unpaired) electrons. The molecule has 0 unspecified atom stereocenters. The van der Waals surface area contributed by atoms with Crippen LogP contribution in [0.15, 0.2) is 47.1 Å². The first-order chi connectivity index (χ1) is 8.20. The number of nitrogens with one attached hydrogen (secondary N) is 1. The predicted molar refractivity (Wildman–Crippen MR) is 72.2 cm³/mol. The van der Waals surface area contributed by atoms with E-state index in [0.29, 0.717) is 5.69 Å². The maximum atomic E-state index is 12.1. The van der Waals surface area contributed by atoms with E-state index in [1.807, 2.05) is 54.1 Å². The lowest BCUT2D eigenvalue weighted by Crippen LogP contribution is -2.16. The number of anilines is 1. The van der Waals surface area contributed by atoms with Crippen molar-refractivity contribution in [2.24, 2.45) is 0 Å². The van der Waals surface area contributed by atoms with Crippen molar-refractivity contribution in [3.8, 4) is 0 Å². The van der Waals surface area contributed by atoms with Crippen molar-refractivity contribution in [2.75, 3.05) is 5.32 Å². The Bertz CT molecular complexity index is 519. The molecule has 1 N–H and O–H groups in total. The number of carbonyl (C=O) groups is 1. The van der Waals surface area contributed by atoms with Gasteiger partial charge in [0.1, 0.15) is 5.69 Å². The lowest BCUT2D eigenvalue weighted by atomic mass is 10.3. The number of hydrogen-bond acceptors (Lipinski definition) is 1. The number of aryl methyl sites for hydroxylation is 1. The molecule has 1 amide bonds. The van der Waals surface area contributed by atoms with Crippen molar-refractivity contribution in [1.82, 2.24) is 4.57 Å². The summed E-state index contributed by atoms with van der Waals surface area (Å²) in [5, 5.41) is 2.87. The largest absolute Gasteiger partial charge is 0.343 e. The Morgan fingerprint density at radius 3 is 2.71 bits per heavy atom. The number of para-hydroxylation sites is 1. The van der Waals surface area contributed by atoms with Crippen molar-refractivity contribution in [3.63, 3.8) is 0 Å². The lowest BCUT2D eigenvalue weighted by Gasteiger charge is -2.07. The van der Waals surface area contributed by atoms with Crippen LogP contribution in [0.3, 0.4) is 0 Å². The van der Waals surface area contributed by atoms with Gasteiger partial charge in [-0.15, -0.1) is 0 Å². The molecule has 0 aliphatic rings. The average Bonchev–Trinajstić information content (AvgIpc) is 2.72. The molecule has 0 saturated heterocycles. The molecule has 2 rings (SSSR count). The monoisotopic (exact) mass is 292 g/mol. The van der Waals surface area contributed by atoms with Gasteiger partial charge < -0.3 is 9.88 Å². The molecule has 0 atom stereocenters. The Hall–Kier alpha value is -1.55. The fraction of sp³-hybridized carbons (Fsp3) is 0.154. The summed E-state index contributed by atoms with van der Waals surface area (Å²) in [6.07, 6.45) is 1.90. The number of halogens is 1. The Labute approximate surface area is 109 Å². The third-order valence-corrected chi connectivity index (χ3v) is 2.90. The van der Waals surface area contributed by atoms with Crippen LogP contribution in [0.2, 0.25) is 0 Å². The van der Waals surface area contributed by atoms with E-state index >= 15 is 0 Å². The smallest absolute Gasteiger partial charge is 0.272 e. The van der Waals surface area contributed by atoms with Gasteiger partial charge in [-0.1, -0.05) is 18.2 Å². The van der Waals surface area contributed by atoms with Crippen LogP contribution in [-0.4, -0.2) is 10.5 Å². The normalized spacial score (nSPS) is 10.2. The number of carbonyl (C=O) groups excluding carboxylic acids is 1. The highest BCUT2D eigenvalue weighted by molar-refractivity contribution is 9.10. The highest BCUT2D eigenvalue weighted by Gasteiger charge is 2.12. The van der Waals surface area contributed by atoms with Gasteiger partial charge >= 0.3 is 0 Å². The molecule has 88 valence electrons. The Balaban J connectivity index is 2.20. The summed E-state index contributed by atoms with van der Waals surface area (Å²) in [6.45, 7) is 2.77. The Morgan fingerprint density at radius 2 is 2.06 bits per heavy atom. The third kappa shape index (κ3) is 2.77. The zero-order valence-electron chi connectivity index (χ0n) is 9.48. The fourth-order valence-electron chi connectivity index (χ4n) is 1.64. The van der Waals surface area contributed by atoms with Crippen molar-refractivity contribution in [1.29, 1.82) is 0 Å². The number of aromatic nitrogens is 1. The maximum absolute atomic E-state index is 12.1. The molecule has 0 aliphatic carbocycles. The summed E-state index contributed by atoms with van der Waals surface area (Å²) in [5.74, 6) is -0.0937. The number of amides is 1. The molecule has 4 heteroatoms. The molecule has 0 saturated carbocycles. The highest BCUT2D eigenvalue weighted by atomic mass is 79.9. The molecule has 1 aromatic heterocycles. The van der Waals surface area contributed by atoms with E-state index in [-0.39, 0.29) is 5.91 Å². The van der Waals surface area contributed by atoms with E-state index in [9.17, 15) is 4.79 Å². The Kier molecular flexibility index (Phi) is 3.64. The predicted octanol–water partition coefficient (Wildman–Crippen LogP) is 3.52. The standard InChI is InChI=1S/C13H13BrN2O/c1-2-16-9-10(14)8-12(16)13(17)15-11-6-4-3-5-7-11/h3-9H,2H2,1H3,(H,15,17). The summed E-state index contributed by atoms with van der Waals surface area (Å²) in [5.41, 5.74) is 1.46. The first-order valence-electron chi connectivity index (χ1n) is 5.42. The minimum absolute atomic E-state index is 0.0937. The molecule has 0 fully saturated rings. The van der Waals surface area contributed by atoms with Crippen LogP contribution in [0.1, 0.15) is 17.4 Å². The second kappa shape index (κ2) is 5.19. The van der Waals surface area contributed by atoms with E-state index in [4.69, 9.17) is 0 Å². The van der Waals surface area contributed by atoms with Gasteiger partial charge in [-0.25, -0.2) is 0 Å². The number of rotatable bonds is 3. The van der Waals surface area contributed by atoms with Crippen LogP contribution in [0.5, 0.6) is 0 Å². The average molecular weight is 293 g/mol. The van der Waals surface area contributed by atoms with Gasteiger partial charge in [0, 0.05) is 22.9 Å². The highest BCUT2D eigenvalue weighted by Crippen LogP contribution is 2.16. The van der Waals surface area contributed by atoms with Gasteiger partial charge in [-0.05, 0) is 41.1 Å². The van der Waals surface area contributed by atoms with Gasteiger partial charge in [-0.2, -0.15) is 0 Å². The molecular formula is C13H13BrN2O. The van der Waals surface area contributed by atoms with E-state index in [2.05, 4.69) is 21.2 Å². The molecule has 0 aliphatic heterocycles. The first kappa shape index (κ1) is 11.9. The van der Waals surface area contributed by atoms with Crippen molar-refractivity contribution in [3.05, 3.63) is 52.8 Å². The van der Waals surface area contributed by atoms with Crippen molar-refractivity contribution >= 4 is 27.5 Å². The van der Waals surface area contributed by atoms with Crippen molar-refractivity contribution < 1.29 is 4.79 Å². The van der Waals surface area contributed by atoms with E-state index in [1.54, 1.807) is 0 Å². The zero-order valence-corrected chi connectivity index (χ0v) is 11.1. The molecule has 1 aromatic carbocycles. The van der Waals surface area contributed by atoms with Crippen LogP contribution in [0, 0.1) is 0 Å². The summed E-state index contributed by atoms with van der Waals surface area (Å²) >= 11 is 3.38. The zero-order chi connectivity index (χ0) is 12.3. The van der Waals surface area contributed by atoms with Gasteiger partial charge in [0.05, 0.1) is 0 Å². The van der Waals surface area contributed by atoms with Crippen LogP contribution in [-0.2, 0) is 6.54 Å². The van der Waals surface area contributed by atoms with Gasteiger partial charge in [0.25, 0.3) is 5.91 Å². The van der Waals surface area contributed by atoms with Gasteiger partial charge in [-0.3, -0.25) is 4.79 Å². The fourth-order valence-corrected chi connectivity index (χ4v) is 2.11. The van der Waals surface area contributed by atoms with E-state index in [0.717, 1.165) is 16.7 Å². The molecule has 17 heavy (non-hydrogen) atoms. The number of benzene rings is 1. The maximum Gasteiger partial charge on any atom is 0.272 e. The topological polar surface area (TPSA) is 34.0 Å². The molecule has 2 aromatic rings. The second-order valence-electron chi connectivity index (χ2n) is 3.65. The van der Waals surface area contributed by atoms with Crippen LogP contribution >= 0.6 is 15.9 Å². The minimum atomic E-state index is -0.0937. The van der Waals surface area contributed by atoms with Crippen molar-refractivity contribution in [2.45, 2.75) is 13.5 Å². The first-order valence-corrected chi connectivity index (χ1v) is 6.22. The summed E-state index contributed by atoms with van der Waals surface area (Å²) in [6, 6.07) is 11.3. The molecular weight excluding hydrogens is 280 g/mol. The Morgan fingerprint density at radius 1 is 1.35 bits per heavy atom. The van der Waals surface area contributed by atoms with E-state index < -0.39 is 0 Å². The van der Waals surface area contributed by atoms with Crippen LogP contribution in [0.4, 0.5) is 5.69 Å². The number of nitrogens with zero attached hydrogens (tertiary/aromatic N) is 1. The van der Waals surface area contributed by atoms with Crippen LogP contribution < -0.4 is 5.32 Å². The SMILES string of the molecule is CCn1cc(Br)cc1C(=O)Nc1ccccc1. The van der Waals surface area contributed by atoms with Gasteiger partial charge in [0.15, 0.2) is 0 Å². The van der Waals surface area contributed by atoms with Crippen LogP contribution in [0.25, 0.3) is 0 Å². The number of hydrogen-bond donors (Lipinski definition) is 1. The summed E-state index contributed by atoms with van der Waals surface area (Å²) < 4.78 is 2.82. The molecule has 1 heterocycles. The summed E-state index contributed by atoms with van der Waals surface area (Å²) in [4.78, 5) is 12.1. The molecule has 3 nitrogen and oxygen atoms in total. The lowest BCUT2D eigenvalue weighted by molar-refractivity contribution is 0.101. The third-order valence-electron chi connectivity index (χ3n) is 2.47. The van der Waals surface area contributed by atoms with E-state index in [1.165, 1.54) is 0 Å².